The molecule has 2 atom stereocenters. The van der Waals surface area contributed by atoms with Crippen molar-refractivity contribution in [1.82, 2.24) is 0 Å². The van der Waals surface area contributed by atoms with Crippen molar-refractivity contribution in [2.45, 2.75) is 31.0 Å². The molecule has 0 unspecified atom stereocenters. The topological polar surface area (TPSA) is 63.3 Å². The summed E-state index contributed by atoms with van der Waals surface area (Å²) in [6.45, 7) is 2.12. The minimum absolute atomic E-state index is 0.0708. The number of hydrogen-bond donors (Lipinski definition) is 2. The van der Waals surface area contributed by atoms with Crippen LogP contribution in [0.4, 0.5) is 13.2 Å². The number of rotatable bonds is 1. The number of hydrogen-bond acceptors (Lipinski definition) is 2. The molecule has 1 aromatic rings. The van der Waals surface area contributed by atoms with E-state index < -0.39 is 12.1 Å². The van der Waals surface area contributed by atoms with Gasteiger partial charge in [0, 0.05) is 11.5 Å². The Balaban J connectivity index is 0.000000203. The summed E-state index contributed by atoms with van der Waals surface area (Å²) < 4.78 is 31.7. The SMILES string of the molecule is C[C@]1(N)C[C@@H]1c1ccccc1.O=C(O)C(F)(F)F. The maximum absolute atomic E-state index is 10.6. The van der Waals surface area contributed by atoms with Gasteiger partial charge in [-0.3, -0.25) is 0 Å². The van der Waals surface area contributed by atoms with Crippen LogP contribution in [0, 0.1) is 0 Å². The van der Waals surface area contributed by atoms with Gasteiger partial charge in [0.25, 0.3) is 0 Å². The molecule has 1 aliphatic rings. The lowest BCUT2D eigenvalue weighted by molar-refractivity contribution is -0.192. The van der Waals surface area contributed by atoms with Crippen molar-refractivity contribution in [2.24, 2.45) is 5.73 Å². The molecule has 0 heterocycles. The van der Waals surface area contributed by atoms with Crippen molar-refractivity contribution < 1.29 is 23.1 Å². The van der Waals surface area contributed by atoms with Crippen molar-refractivity contribution in [3.63, 3.8) is 0 Å². The fourth-order valence-corrected chi connectivity index (χ4v) is 1.56. The first-order valence-electron chi connectivity index (χ1n) is 5.28. The number of carboxylic acids is 1. The zero-order valence-electron chi connectivity index (χ0n) is 9.74. The van der Waals surface area contributed by atoms with Crippen LogP contribution in [0.25, 0.3) is 0 Å². The van der Waals surface area contributed by atoms with Crippen LogP contribution in [0.3, 0.4) is 0 Å². The Bertz CT molecular complexity index is 415. The zero-order chi connectivity index (χ0) is 14.0. The molecule has 0 saturated heterocycles. The molecule has 1 aliphatic carbocycles. The summed E-state index contributed by atoms with van der Waals surface area (Å²) in [7, 11) is 0. The third-order valence-corrected chi connectivity index (χ3v) is 2.72. The summed E-state index contributed by atoms with van der Waals surface area (Å²) in [4.78, 5) is 8.90. The van der Waals surface area contributed by atoms with E-state index in [9.17, 15) is 13.2 Å². The van der Waals surface area contributed by atoms with Gasteiger partial charge in [-0.15, -0.1) is 0 Å². The Morgan fingerprint density at radius 3 is 2.06 bits per heavy atom. The Hall–Kier alpha value is -1.56. The summed E-state index contributed by atoms with van der Waals surface area (Å²) in [6.07, 6.45) is -3.95. The quantitative estimate of drug-likeness (QED) is 0.816. The molecule has 6 heteroatoms. The molecular formula is C12H14F3NO2. The number of aliphatic carboxylic acids is 1. The second-order valence-corrected chi connectivity index (χ2v) is 4.48. The molecule has 3 N–H and O–H groups in total. The number of halogens is 3. The second-order valence-electron chi connectivity index (χ2n) is 4.48. The molecule has 2 rings (SSSR count). The predicted molar refractivity (Wildman–Crippen MR) is 60.1 cm³/mol. The van der Waals surface area contributed by atoms with E-state index in [0.29, 0.717) is 5.92 Å². The Labute approximate surface area is 102 Å². The van der Waals surface area contributed by atoms with Crippen LogP contribution in [0.15, 0.2) is 30.3 Å². The van der Waals surface area contributed by atoms with Gasteiger partial charge < -0.3 is 10.8 Å². The van der Waals surface area contributed by atoms with Gasteiger partial charge in [0.2, 0.25) is 0 Å². The molecular weight excluding hydrogens is 247 g/mol. The van der Waals surface area contributed by atoms with E-state index in [2.05, 4.69) is 31.2 Å². The molecule has 1 fully saturated rings. The largest absolute Gasteiger partial charge is 0.490 e. The smallest absolute Gasteiger partial charge is 0.475 e. The average Bonchev–Trinajstić information content (AvgIpc) is 2.89. The van der Waals surface area contributed by atoms with E-state index in [0.717, 1.165) is 6.42 Å². The van der Waals surface area contributed by atoms with E-state index in [4.69, 9.17) is 15.6 Å². The maximum Gasteiger partial charge on any atom is 0.490 e. The highest BCUT2D eigenvalue weighted by Crippen LogP contribution is 2.48. The molecule has 3 nitrogen and oxygen atoms in total. The van der Waals surface area contributed by atoms with Gasteiger partial charge in [0.15, 0.2) is 0 Å². The Morgan fingerprint density at radius 1 is 1.39 bits per heavy atom. The van der Waals surface area contributed by atoms with Crippen LogP contribution in [0.5, 0.6) is 0 Å². The second kappa shape index (κ2) is 4.97. The summed E-state index contributed by atoms with van der Waals surface area (Å²) in [5, 5.41) is 7.12. The Kier molecular flexibility index (Phi) is 4.01. The third-order valence-electron chi connectivity index (χ3n) is 2.72. The number of carbonyl (C=O) groups is 1. The first-order chi connectivity index (χ1) is 8.14. The maximum atomic E-state index is 10.6. The van der Waals surface area contributed by atoms with Crippen molar-refractivity contribution in [3.05, 3.63) is 35.9 Å². The fourth-order valence-electron chi connectivity index (χ4n) is 1.56. The van der Waals surface area contributed by atoms with Crippen molar-refractivity contribution >= 4 is 5.97 Å². The first-order valence-corrected chi connectivity index (χ1v) is 5.28. The van der Waals surface area contributed by atoms with E-state index in [1.54, 1.807) is 0 Å². The minimum atomic E-state index is -5.08. The Morgan fingerprint density at radius 2 is 1.78 bits per heavy atom. The van der Waals surface area contributed by atoms with Gasteiger partial charge in [-0.05, 0) is 18.9 Å². The third kappa shape index (κ3) is 4.03. The predicted octanol–water partition coefficient (Wildman–Crippen LogP) is 2.52. The molecule has 1 saturated carbocycles. The van der Waals surface area contributed by atoms with E-state index in [1.165, 1.54) is 5.56 Å². The van der Waals surface area contributed by atoms with Crippen molar-refractivity contribution in [1.29, 1.82) is 0 Å². The van der Waals surface area contributed by atoms with Crippen molar-refractivity contribution in [3.8, 4) is 0 Å². The molecule has 18 heavy (non-hydrogen) atoms. The van der Waals surface area contributed by atoms with Crippen LogP contribution >= 0.6 is 0 Å². The molecule has 100 valence electrons. The molecule has 0 aromatic heterocycles. The number of alkyl halides is 3. The highest BCUT2D eigenvalue weighted by Gasteiger charge is 2.47. The van der Waals surface area contributed by atoms with Crippen LogP contribution in [0.1, 0.15) is 24.8 Å². The summed E-state index contributed by atoms with van der Waals surface area (Å²) >= 11 is 0. The van der Waals surface area contributed by atoms with Gasteiger partial charge in [0.05, 0.1) is 0 Å². The van der Waals surface area contributed by atoms with Crippen LogP contribution in [-0.2, 0) is 4.79 Å². The average molecular weight is 261 g/mol. The zero-order valence-corrected chi connectivity index (χ0v) is 9.74. The first kappa shape index (κ1) is 14.5. The molecule has 0 aliphatic heterocycles. The molecule has 0 bridgehead atoms. The molecule has 0 radical (unpaired) electrons. The fraction of sp³-hybridized carbons (Fsp3) is 0.417. The number of nitrogens with two attached hydrogens (primary N) is 1. The van der Waals surface area contributed by atoms with Crippen LogP contribution < -0.4 is 5.73 Å². The lowest BCUT2D eigenvalue weighted by atomic mass is 10.1. The van der Waals surface area contributed by atoms with Crippen LogP contribution in [0.2, 0.25) is 0 Å². The normalized spacial score (nSPS) is 25.9. The number of benzene rings is 1. The lowest BCUT2D eigenvalue weighted by Gasteiger charge is -2.02. The van der Waals surface area contributed by atoms with Gasteiger partial charge in [-0.25, -0.2) is 4.79 Å². The summed E-state index contributed by atoms with van der Waals surface area (Å²) in [5.74, 6) is -2.16. The molecule has 0 amide bonds. The van der Waals surface area contributed by atoms with Gasteiger partial charge in [0.1, 0.15) is 0 Å². The molecule has 0 spiro atoms. The highest BCUT2D eigenvalue weighted by atomic mass is 19.4. The standard InChI is InChI=1S/C10H13N.C2HF3O2/c1-10(11)7-9(10)8-5-3-2-4-6-8;3-2(4,5)1(6)7/h2-6,9H,7,11H2,1H3;(H,6,7)/t9-,10+;/m1./s1. The summed E-state index contributed by atoms with van der Waals surface area (Å²) in [6, 6.07) is 10.5. The van der Waals surface area contributed by atoms with Gasteiger partial charge >= 0.3 is 12.1 Å². The molecule has 1 aromatic carbocycles. The van der Waals surface area contributed by atoms with Gasteiger partial charge in [-0.1, -0.05) is 30.3 Å². The lowest BCUT2D eigenvalue weighted by Crippen LogP contribution is -2.21. The summed E-state index contributed by atoms with van der Waals surface area (Å²) in [5.41, 5.74) is 7.40. The van der Waals surface area contributed by atoms with E-state index >= 15 is 0 Å². The minimum Gasteiger partial charge on any atom is -0.475 e. The van der Waals surface area contributed by atoms with Crippen LogP contribution in [-0.4, -0.2) is 22.8 Å². The van der Waals surface area contributed by atoms with E-state index in [1.807, 2.05) is 6.07 Å². The monoisotopic (exact) mass is 261 g/mol. The highest BCUT2D eigenvalue weighted by molar-refractivity contribution is 5.73. The van der Waals surface area contributed by atoms with Crippen molar-refractivity contribution in [2.75, 3.05) is 0 Å². The number of carboxylic acid groups (broad SMARTS) is 1. The van der Waals surface area contributed by atoms with E-state index in [-0.39, 0.29) is 5.54 Å². The van der Waals surface area contributed by atoms with Gasteiger partial charge in [-0.2, -0.15) is 13.2 Å².